The molecule has 8 nitrogen and oxygen atoms in total. The lowest BCUT2D eigenvalue weighted by molar-refractivity contribution is -0.313. The topological polar surface area (TPSA) is 140 Å². The molecule has 3 rings (SSSR count). The molecule has 0 aromatic rings. The summed E-state index contributed by atoms with van der Waals surface area (Å²) in [4.78, 5) is 0. The summed E-state index contributed by atoms with van der Waals surface area (Å²) in [5.41, 5.74) is 1.71. The second kappa shape index (κ2) is 11.0. The normalized spacial score (nSPS) is 45.8. The minimum absolute atomic E-state index is 0.0386. The molecule has 0 bridgehead atoms. The molecule has 3 fully saturated rings. The molecule has 2 unspecified atom stereocenters. The third kappa shape index (κ3) is 5.15. The lowest BCUT2D eigenvalue weighted by Gasteiger charge is -2.60. The summed E-state index contributed by atoms with van der Waals surface area (Å²) in [6.45, 7) is 10.4. The molecule has 3 aliphatic rings. The van der Waals surface area contributed by atoms with E-state index in [1.165, 1.54) is 5.57 Å². The van der Waals surface area contributed by atoms with E-state index in [0.29, 0.717) is 6.42 Å². The smallest absolute Gasteiger partial charge is 0.186 e. The fourth-order valence-electron chi connectivity index (χ4n) is 6.81. The lowest BCUT2D eigenvalue weighted by Crippen LogP contribution is -2.61. The van der Waals surface area contributed by atoms with Crippen molar-refractivity contribution in [3.8, 4) is 0 Å². The summed E-state index contributed by atoms with van der Waals surface area (Å²) in [7, 11) is 0. The first-order chi connectivity index (χ1) is 16.0. The average molecular weight is 485 g/mol. The van der Waals surface area contributed by atoms with Crippen molar-refractivity contribution < 1.29 is 40.1 Å². The largest absolute Gasteiger partial charge is 0.394 e. The van der Waals surface area contributed by atoms with Crippen molar-refractivity contribution in [3.63, 3.8) is 0 Å². The molecular weight excluding hydrogens is 440 g/mol. The van der Waals surface area contributed by atoms with E-state index < -0.39 is 48.8 Å². The van der Waals surface area contributed by atoms with Crippen LogP contribution in [0.15, 0.2) is 23.8 Å². The first kappa shape index (κ1) is 27.7. The maximum Gasteiger partial charge on any atom is 0.186 e. The van der Waals surface area contributed by atoms with Gasteiger partial charge >= 0.3 is 0 Å². The van der Waals surface area contributed by atoms with Crippen LogP contribution in [0.5, 0.6) is 0 Å². The van der Waals surface area contributed by atoms with Gasteiger partial charge in [0.15, 0.2) is 6.29 Å². The summed E-state index contributed by atoms with van der Waals surface area (Å²) < 4.78 is 11.5. The van der Waals surface area contributed by atoms with Crippen LogP contribution < -0.4 is 0 Å². The number of hydrogen-bond donors (Lipinski definition) is 6. The minimum atomic E-state index is -1.50. The van der Waals surface area contributed by atoms with Crippen LogP contribution in [-0.4, -0.2) is 87.3 Å². The molecule has 6 N–H and O–H groups in total. The number of allylic oxidation sites excluding steroid dienone is 2. The van der Waals surface area contributed by atoms with Crippen molar-refractivity contribution in [1.82, 2.24) is 0 Å². The van der Waals surface area contributed by atoms with Crippen molar-refractivity contribution >= 4 is 0 Å². The average Bonchev–Trinajstić information content (AvgIpc) is 2.79. The van der Waals surface area contributed by atoms with Gasteiger partial charge in [-0.3, -0.25) is 0 Å². The zero-order valence-corrected chi connectivity index (χ0v) is 20.8. The third-order valence-corrected chi connectivity index (χ3v) is 9.03. The Balaban J connectivity index is 1.78. The molecule has 1 saturated heterocycles. The van der Waals surface area contributed by atoms with Crippen molar-refractivity contribution in [2.24, 2.45) is 22.7 Å². The lowest BCUT2D eigenvalue weighted by atomic mass is 9.46. The van der Waals surface area contributed by atoms with E-state index in [1.807, 2.05) is 19.9 Å². The summed E-state index contributed by atoms with van der Waals surface area (Å²) >= 11 is 0. The van der Waals surface area contributed by atoms with Gasteiger partial charge in [0.25, 0.3) is 0 Å². The van der Waals surface area contributed by atoms with Gasteiger partial charge in [0.05, 0.1) is 25.9 Å². The summed E-state index contributed by atoms with van der Waals surface area (Å²) in [5, 5.41) is 60.3. The molecule has 2 saturated carbocycles. The predicted octanol–water partition coefficient (Wildman–Crippen LogP) is 1.27. The second-order valence-corrected chi connectivity index (χ2v) is 11.1. The van der Waals surface area contributed by atoms with E-state index in [-0.39, 0.29) is 30.5 Å². The molecule has 2 aliphatic carbocycles. The number of rotatable bonds is 8. The number of hydrogen-bond acceptors (Lipinski definition) is 8. The van der Waals surface area contributed by atoms with Gasteiger partial charge in [0.1, 0.15) is 24.4 Å². The van der Waals surface area contributed by atoms with Gasteiger partial charge in [-0.2, -0.15) is 0 Å². The van der Waals surface area contributed by atoms with Gasteiger partial charge in [-0.25, -0.2) is 0 Å². The van der Waals surface area contributed by atoms with E-state index in [0.717, 1.165) is 37.7 Å². The Hall–Kier alpha value is -0.840. The Bertz CT molecular complexity index is 738. The van der Waals surface area contributed by atoms with Gasteiger partial charge in [0, 0.05) is 5.41 Å². The number of ether oxygens (including phenoxy) is 2. The summed E-state index contributed by atoms with van der Waals surface area (Å²) in [6, 6.07) is 0. The maximum atomic E-state index is 11.1. The van der Waals surface area contributed by atoms with Crippen LogP contribution >= 0.6 is 0 Å². The molecule has 0 amide bonds. The number of fused-ring (bicyclic) bond motifs is 1. The molecule has 1 aliphatic heterocycles. The van der Waals surface area contributed by atoms with E-state index in [1.54, 1.807) is 0 Å². The number of aliphatic hydroxyl groups excluding tert-OH is 6. The van der Waals surface area contributed by atoms with Crippen LogP contribution in [0.3, 0.4) is 0 Å². The zero-order valence-electron chi connectivity index (χ0n) is 20.8. The Morgan fingerprint density at radius 1 is 1.12 bits per heavy atom. The molecule has 1 heterocycles. The van der Waals surface area contributed by atoms with Crippen LogP contribution in [0.25, 0.3) is 0 Å². The van der Waals surface area contributed by atoms with Crippen LogP contribution in [0.4, 0.5) is 0 Å². The molecule has 10 atom stereocenters. The van der Waals surface area contributed by atoms with E-state index in [4.69, 9.17) is 9.47 Å². The minimum Gasteiger partial charge on any atom is -0.394 e. The standard InChI is InChI=1S/C26H44O8/c1-15(10-12-27)5-7-17-16(2)6-8-19-25(17,3)11-9-20(29)26(19,4)14-33-24-23(32)22(31)21(30)18(13-28)34-24/h10,17-24,27-32H,2,5-9,11-14H2,1,3-4H3/t17-,18-,19+,20-,21?,22+,23?,24-,25+,26-/m1/s1. The van der Waals surface area contributed by atoms with Crippen molar-refractivity contribution in [2.75, 3.05) is 19.8 Å². The fourth-order valence-corrected chi connectivity index (χ4v) is 6.81. The second-order valence-electron chi connectivity index (χ2n) is 11.1. The third-order valence-electron chi connectivity index (χ3n) is 9.03. The van der Waals surface area contributed by atoms with Crippen LogP contribution in [0, 0.1) is 22.7 Å². The van der Waals surface area contributed by atoms with Crippen LogP contribution in [0.1, 0.15) is 59.3 Å². The van der Waals surface area contributed by atoms with E-state index >= 15 is 0 Å². The maximum absolute atomic E-state index is 11.1. The van der Waals surface area contributed by atoms with E-state index in [9.17, 15) is 30.6 Å². The Morgan fingerprint density at radius 3 is 2.47 bits per heavy atom. The Morgan fingerprint density at radius 2 is 1.82 bits per heavy atom. The molecule has 0 aromatic carbocycles. The first-order valence-corrected chi connectivity index (χ1v) is 12.5. The van der Waals surface area contributed by atoms with Gasteiger partial charge in [-0.1, -0.05) is 37.6 Å². The van der Waals surface area contributed by atoms with Gasteiger partial charge in [-0.05, 0) is 62.7 Å². The Labute approximate surface area is 202 Å². The highest BCUT2D eigenvalue weighted by molar-refractivity contribution is 5.18. The first-order valence-electron chi connectivity index (χ1n) is 12.5. The van der Waals surface area contributed by atoms with Crippen LogP contribution in [0.2, 0.25) is 0 Å². The van der Waals surface area contributed by atoms with E-state index in [2.05, 4.69) is 13.5 Å². The highest BCUT2D eigenvalue weighted by Crippen LogP contribution is 2.62. The molecule has 0 radical (unpaired) electrons. The predicted molar refractivity (Wildman–Crippen MR) is 127 cm³/mol. The van der Waals surface area contributed by atoms with Gasteiger partial charge in [-0.15, -0.1) is 0 Å². The molecule has 196 valence electrons. The highest BCUT2D eigenvalue weighted by Gasteiger charge is 2.58. The summed E-state index contributed by atoms with van der Waals surface area (Å²) in [5.74, 6) is 0.429. The molecule has 0 spiro atoms. The molecule has 8 heteroatoms. The van der Waals surface area contributed by atoms with Crippen molar-refractivity contribution in [2.45, 2.75) is 96.1 Å². The zero-order chi connectivity index (χ0) is 25.3. The quantitative estimate of drug-likeness (QED) is 0.283. The van der Waals surface area contributed by atoms with Crippen molar-refractivity contribution in [1.29, 1.82) is 0 Å². The van der Waals surface area contributed by atoms with Crippen LogP contribution in [-0.2, 0) is 9.47 Å². The fraction of sp³-hybridized carbons (Fsp3) is 0.846. The molecule has 34 heavy (non-hydrogen) atoms. The highest BCUT2D eigenvalue weighted by atomic mass is 16.7. The molecule has 0 aromatic heterocycles. The molecular formula is C26H44O8. The number of aliphatic hydroxyl groups is 6. The van der Waals surface area contributed by atoms with Gasteiger partial charge in [0.2, 0.25) is 0 Å². The summed E-state index contributed by atoms with van der Waals surface area (Å²) in [6.07, 6.45) is -0.335. The SMILES string of the molecule is C=C1CC[C@@H]2[C@@](C)(CO[C@@H]3O[C@H](CO)C(O)[C@H](O)C3O)[C@H](O)CC[C@@]2(C)[C@@H]1CCC(C)=CCO. The monoisotopic (exact) mass is 484 g/mol. The van der Waals surface area contributed by atoms with Crippen molar-refractivity contribution in [3.05, 3.63) is 23.8 Å². The Kier molecular flexibility index (Phi) is 9.02. The van der Waals surface area contributed by atoms with Gasteiger partial charge < -0.3 is 40.1 Å².